The highest BCUT2D eigenvalue weighted by molar-refractivity contribution is 6.30. The van der Waals surface area contributed by atoms with Crippen LogP contribution in [0, 0.1) is 11.3 Å². The van der Waals surface area contributed by atoms with Crippen molar-refractivity contribution in [2.24, 2.45) is 17.1 Å². The predicted molar refractivity (Wildman–Crippen MR) is 98.4 cm³/mol. The van der Waals surface area contributed by atoms with Crippen molar-refractivity contribution >= 4 is 29.9 Å². The third-order valence-electron chi connectivity index (χ3n) is 5.76. The van der Waals surface area contributed by atoms with Gasteiger partial charge in [-0.15, -0.1) is 12.4 Å². The van der Waals surface area contributed by atoms with E-state index in [1.54, 1.807) is 0 Å². The zero-order chi connectivity index (χ0) is 16.8. The van der Waals surface area contributed by atoms with Crippen molar-refractivity contribution < 1.29 is 9.53 Å². The maximum atomic E-state index is 13.0. The molecule has 24 heavy (non-hydrogen) atoms. The summed E-state index contributed by atoms with van der Waals surface area (Å²) in [6.07, 6.45) is 1.99. The van der Waals surface area contributed by atoms with Gasteiger partial charge >= 0.3 is 0 Å². The Balaban J connectivity index is 0.00000208. The lowest BCUT2D eigenvalue weighted by atomic mass is 9.46. The average Bonchev–Trinajstić information content (AvgIpc) is 2.53. The van der Waals surface area contributed by atoms with E-state index in [4.69, 9.17) is 22.1 Å². The van der Waals surface area contributed by atoms with Crippen LogP contribution in [0.3, 0.4) is 0 Å². The quantitative estimate of drug-likeness (QED) is 0.853. The molecule has 1 amide bonds. The Morgan fingerprint density at radius 2 is 2.17 bits per heavy atom. The third kappa shape index (κ3) is 2.84. The zero-order valence-corrected chi connectivity index (χ0v) is 15.9. The average molecular weight is 373 g/mol. The van der Waals surface area contributed by atoms with Crippen molar-refractivity contribution in [2.75, 3.05) is 6.61 Å². The highest BCUT2D eigenvalue weighted by atomic mass is 35.5. The number of nitrogens with one attached hydrogen (secondary N) is 1. The molecule has 1 saturated heterocycles. The number of hydrogen-bond acceptors (Lipinski definition) is 3. The number of benzene rings is 1. The standard InChI is InChI=1S/C18H25ClN2O2.ClH/c1-11(12-6-4-7-13(19)10-12)21-16(22)18(20)14-8-5-9-23-15(14)17(18,2)3;/h4,6-7,10-11,14-15H,5,8-9,20H2,1-3H3,(H,21,22);1H. The number of fused-ring (bicyclic) bond motifs is 1. The molecule has 2 aliphatic rings. The summed E-state index contributed by atoms with van der Waals surface area (Å²) in [7, 11) is 0. The van der Waals surface area contributed by atoms with Crippen molar-refractivity contribution in [1.29, 1.82) is 0 Å². The summed E-state index contributed by atoms with van der Waals surface area (Å²) in [5.74, 6) is -0.000429. The molecule has 1 heterocycles. The molecule has 1 aliphatic carbocycles. The van der Waals surface area contributed by atoms with Crippen LogP contribution in [0.1, 0.15) is 45.2 Å². The summed E-state index contributed by atoms with van der Waals surface area (Å²) >= 11 is 6.04. The molecule has 0 bridgehead atoms. The fourth-order valence-corrected chi connectivity index (χ4v) is 4.41. The normalized spacial score (nSPS) is 31.9. The van der Waals surface area contributed by atoms with Crippen LogP contribution < -0.4 is 11.1 Å². The number of halogens is 2. The van der Waals surface area contributed by atoms with Crippen LogP contribution >= 0.6 is 24.0 Å². The van der Waals surface area contributed by atoms with Gasteiger partial charge in [0.25, 0.3) is 0 Å². The molecule has 134 valence electrons. The highest BCUT2D eigenvalue weighted by Gasteiger charge is 2.70. The fourth-order valence-electron chi connectivity index (χ4n) is 4.21. The molecule has 1 aromatic carbocycles. The van der Waals surface area contributed by atoms with Gasteiger partial charge < -0.3 is 15.8 Å². The molecule has 0 aromatic heterocycles. The van der Waals surface area contributed by atoms with Gasteiger partial charge in [-0.1, -0.05) is 37.6 Å². The molecular weight excluding hydrogens is 347 g/mol. The highest BCUT2D eigenvalue weighted by Crippen LogP contribution is 2.57. The second-order valence-corrected chi connectivity index (χ2v) is 7.82. The molecule has 6 heteroatoms. The van der Waals surface area contributed by atoms with E-state index in [1.165, 1.54) is 0 Å². The molecule has 3 N–H and O–H groups in total. The molecular formula is C18H26Cl2N2O2. The topological polar surface area (TPSA) is 64.4 Å². The molecule has 1 saturated carbocycles. The molecule has 4 unspecified atom stereocenters. The lowest BCUT2D eigenvalue weighted by Gasteiger charge is -2.65. The second kappa shape index (κ2) is 6.83. The number of hydrogen-bond donors (Lipinski definition) is 2. The Bertz CT molecular complexity index is 623. The number of nitrogens with two attached hydrogens (primary N) is 1. The summed E-state index contributed by atoms with van der Waals surface area (Å²) in [6, 6.07) is 7.40. The first-order valence-electron chi connectivity index (χ1n) is 8.25. The van der Waals surface area contributed by atoms with E-state index in [0.29, 0.717) is 5.02 Å². The van der Waals surface area contributed by atoms with Gasteiger partial charge in [0.2, 0.25) is 5.91 Å². The molecule has 1 aliphatic heterocycles. The first-order chi connectivity index (χ1) is 10.8. The lowest BCUT2D eigenvalue weighted by molar-refractivity contribution is -0.225. The van der Waals surface area contributed by atoms with Gasteiger partial charge in [-0.25, -0.2) is 0 Å². The largest absolute Gasteiger partial charge is 0.377 e. The SMILES string of the molecule is CC(NC(=O)C1(N)C2CCCOC2C1(C)C)c1cccc(Cl)c1.Cl. The number of carbonyl (C=O) groups is 1. The van der Waals surface area contributed by atoms with Crippen LogP contribution in [0.25, 0.3) is 0 Å². The number of amides is 1. The van der Waals surface area contributed by atoms with Crippen LogP contribution in [-0.2, 0) is 9.53 Å². The fraction of sp³-hybridized carbons (Fsp3) is 0.611. The van der Waals surface area contributed by atoms with Gasteiger partial charge in [-0.2, -0.15) is 0 Å². The van der Waals surface area contributed by atoms with Crippen molar-refractivity contribution in [3.63, 3.8) is 0 Å². The maximum Gasteiger partial charge on any atom is 0.241 e. The van der Waals surface area contributed by atoms with E-state index in [0.717, 1.165) is 25.0 Å². The molecule has 4 atom stereocenters. The molecule has 4 nitrogen and oxygen atoms in total. The minimum atomic E-state index is -0.884. The van der Waals surface area contributed by atoms with Crippen molar-refractivity contribution in [2.45, 2.75) is 51.3 Å². The summed E-state index contributed by atoms with van der Waals surface area (Å²) in [4.78, 5) is 13.0. The molecule has 0 radical (unpaired) electrons. The summed E-state index contributed by atoms with van der Waals surface area (Å²) < 4.78 is 5.87. The Labute approximate surface area is 154 Å². The van der Waals surface area contributed by atoms with Gasteiger partial charge in [-0.3, -0.25) is 4.79 Å². The lowest BCUT2D eigenvalue weighted by Crippen LogP contribution is -2.82. The number of ether oxygens (including phenoxy) is 1. The minimum absolute atomic E-state index is 0. The van der Waals surface area contributed by atoms with E-state index in [2.05, 4.69) is 5.32 Å². The summed E-state index contributed by atoms with van der Waals surface area (Å²) in [5.41, 5.74) is 6.34. The van der Waals surface area contributed by atoms with Crippen LogP contribution in [-0.4, -0.2) is 24.2 Å². The first kappa shape index (κ1) is 19.5. The van der Waals surface area contributed by atoms with E-state index in [-0.39, 0.29) is 41.8 Å². The Morgan fingerprint density at radius 1 is 1.46 bits per heavy atom. The minimum Gasteiger partial charge on any atom is -0.377 e. The predicted octanol–water partition coefficient (Wildman–Crippen LogP) is 3.47. The van der Waals surface area contributed by atoms with Crippen LogP contribution in [0.5, 0.6) is 0 Å². The maximum absolute atomic E-state index is 13.0. The van der Waals surface area contributed by atoms with Crippen molar-refractivity contribution in [1.82, 2.24) is 5.32 Å². The Kier molecular flexibility index (Phi) is 5.55. The van der Waals surface area contributed by atoms with Gasteiger partial charge in [0.05, 0.1) is 12.1 Å². The summed E-state index contributed by atoms with van der Waals surface area (Å²) in [5, 5.41) is 3.74. The first-order valence-corrected chi connectivity index (χ1v) is 8.63. The van der Waals surface area contributed by atoms with Crippen LogP contribution in [0.2, 0.25) is 5.02 Å². The molecule has 2 fully saturated rings. The van der Waals surface area contributed by atoms with Gasteiger partial charge in [0, 0.05) is 23.0 Å². The molecule has 1 aromatic rings. The molecule has 0 spiro atoms. The van der Waals surface area contributed by atoms with Gasteiger partial charge in [0.1, 0.15) is 5.54 Å². The Morgan fingerprint density at radius 3 is 2.83 bits per heavy atom. The second-order valence-electron chi connectivity index (χ2n) is 7.38. The Hall–Kier alpha value is -0.810. The number of carbonyl (C=O) groups excluding carboxylic acids is 1. The van der Waals surface area contributed by atoms with E-state index in [9.17, 15) is 4.79 Å². The number of rotatable bonds is 3. The molecule has 3 rings (SSSR count). The van der Waals surface area contributed by atoms with Gasteiger partial charge in [-0.05, 0) is 37.5 Å². The van der Waals surface area contributed by atoms with Crippen LogP contribution in [0.4, 0.5) is 0 Å². The van der Waals surface area contributed by atoms with E-state index >= 15 is 0 Å². The van der Waals surface area contributed by atoms with Crippen LogP contribution in [0.15, 0.2) is 24.3 Å². The van der Waals surface area contributed by atoms with Crippen molar-refractivity contribution in [3.05, 3.63) is 34.9 Å². The zero-order valence-electron chi connectivity index (χ0n) is 14.3. The monoisotopic (exact) mass is 372 g/mol. The smallest absolute Gasteiger partial charge is 0.241 e. The van der Waals surface area contributed by atoms with Crippen molar-refractivity contribution in [3.8, 4) is 0 Å². The summed E-state index contributed by atoms with van der Waals surface area (Å²) in [6.45, 7) is 6.78. The van der Waals surface area contributed by atoms with E-state index < -0.39 is 5.54 Å². The van der Waals surface area contributed by atoms with Gasteiger partial charge in [0.15, 0.2) is 0 Å². The third-order valence-corrected chi connectivity index (χ3v) is 5.99. The van der Waals surface area contributed by atoms with E-state index in [1.807, 2.05) is 45.0 Å².